The fourth-order valence-corrected chi connectivity index (χ4v) is 3.03. The minimum Gasteiger partial charge on any atom is -0.335 e. The van der Waals surface area contributed by atoms with E-state index < -0.39 is 71.3 Å². The minimum absolute atomic E-state index is 0.348. The van der Waals surface area contributed by atoms with Crippen molar-refractivity contribution >= 4 is 17.3 Å². The predicted octanol–water partition coefficient (Wildman–Crippen LogP) is 4.59. The standard InChI is InChI=1S/C19H11F8N3O2/c20-10-2-4-14(13(21)5-10)29-16(31)15-8-30(17(32-15)19(25,26)27)11-3-1-9(7-28)12(6-11)18(22,23)24/h1-6,15,17H,8H2,(H,29,31)/t15-,17+/m0/s1. The number of amides is 1. The lowest BCUT2D eigenvalue weighted by Gasteiger charge is -2.27. The van der Waals surface area contributed by atoms with Crippen molar-refractivity contribution in [1.82, 2.24) is 0 Å². The zero-order chi connectivity index (χ0) is 23.8. The van der Waals surface area contributed by atoms with Gasteiger partial charge in [0.05, 0.1) is 29.4 Å². The van der Waals surface area contributed by atoms with Crippen molar-refractivity contribution in [3.8, 4) is 6.07 Å². The van der Waals surface area contributed by atoms with E-state index in [0.717, 1.165) is 18.2 Å². The van der Waals surface area contributed by atoms with Gasteiger partial charge in [0.1, 0.15) is 11.6 Å². The van der Waals surface area contributed by atoms with Crippen LogP contribution in [0, 0.1) is 23.0 Å². The SMILES string of the molecule is N#Cc1ccc(N2C[C@@H](C(=O)Nc3ccc(F)cc3F)O[C@@H]2C(F)(F)F)cc1C(F)(F)F. The Kier molecular flexibility index (Phi) is 6.01. The number of nitrogens with one attached hydrogen (secondary N) is 1. The lowest BCUT2D eigenvalue weighted by atomic mass is 10.1. The summed E-state index contributed by atoms with van der Waals surface area (Å²) in [5, 5.41) is 10.8. The fourth-order valence-electron chi connectivity index (χ4n) is 3.03. The van der Waals surface area contributed by atoms with E-state index in [2.05, 4.69) is 0 Å². The molecule has 2 aromatic rings. The van der Waals surface area contributed by atoms with Crippen molar-refractivity contribution in [3.05, 3.63) is 59.2 Å². The smallest absolute Gasteiger partial charge is 0.335 e. The number of benzene rings is 2. The van der Waals surface area contributed by atoms with Gasteiger partial charge in [-0.2, -0.15) is 31.6 Å². The molecule has 1 fully saturated rings. The van der Waals surface area contributed by atoms with Crippen LogP contribution in [0.1, 0.15) is 11.1 Å². The molecule has 1 saturated heterocycles. The first-order valence-corrected chi connectivity index (χ1v) is 8.67. The molecule has 0 bridgehead atoms. The molecule has 1 N–H and O–H groups in total. The summed E-state index contributed by atoms with van der Waals surface area (Å²) in [5.74, 6) is -3.37. The summed E-state index contributed by atoms with van der Waals surface area (Å²) in [6.07, 6.45) is -14.8. The largest absolute Gasteiger partial charge is 0.433 e. The molecule has 1 aliphatic rings. The van der Waals surface area contributed by atoms with Crippen LogP contribution in [0.3, 0.4) is 0 Å². The summed E-state index contributed by atoms with van der Waals surface area (Å²) in [7, 11) is 0. The van der Waals surface area contributed by atoms with Crippen molar-refractivity contribution < 1.29 is 44.7 Å². The Labute approximate surface area is 174 Å². The maximum Gasteiger partial charge on any atom is 0.433 e. The third-order valence-corrected chi connectivity index (χ3v) is 4.46. The van der Waals surface area contributed by atoms with Crippen LogP contribution in [0.5, 0.6) is 0 Å². The molecule has 0 aliphatic carbocycles. The van der Waals surface area contributed by atoms with E-state index in [1.807, 2.05) is 5.32 Å². The van der Waals surface area contributed by atoms with E-state index in [0.29, 0.717) is 23.1 Å². The summed E-state index contributed by atoms with van der Waals surface area (Å²) in [6, 6.07) is 5.29. The molecule has 0 spiro atoms. The summed E-state index contributed by atoms with van der Waals surface area (Å²) < 4.78 is 111. The number of ether oxygens (including phenoxy) is 1. The summed E-state index contributed by atoms with van der Waals surface area (Å²) in [5.41, 5.74) is -3.38. The van der Waals surface area contributed by atoms with E-state index in [1.54, 1.807) is 0 Å². The zero-order valence-corrected chi connectivity index (χ0v) is 15.6. The van der Waals surface area contributed by atoms with Gasteiger partial charge in [0.15, 0.2) is 6.10 Å². The lowest BCUT2D eigenvalue weighted by molar-refractivity contribution is -0.212. The van der Waals surface area contributed by atoms with Gasteiger partial charge in [-0.15, -0.1) is 0 Å². The normalized spacial score (nSPS) is 19.0. The van der Waals surface area contributed by atoms with Gasteiger partial charge in [-0.1, -0.05) is 0 Å². The van der Waals surface area contributed by atoms with Crippen LogP contribution in [0.25, 0.3) is 0 Å². The van der Waals surface area contributed by atoms with E-state index in [-0.39, 0.29) is 0 Å². The van der Waals surface area contributed by atoms with Crippen LogP contribution in [0.15, 0.2) is 36.4 Å². The van der Waals surface area contributed by atoms with Gasteiger partial charge in [-0.25, -0.2) is 8.78 Å². The van der Waals surface area contributed by atoms with Crippen LogP contribution in [0.4, 0.5) is 46.5 Å². The molecule has 1 heterocycles. The highest BCUT2D eigenvalue weighted by atomic mass is 19.4. The molecule has 0 saturated carbocycles. The van der Waals surface area contributed by atoms with Crippen LogP contribution in [-0.4, -0.2) is 31.0 Å². The maximum atomic E-state index is 13.7. The van der Waals surface area contributed by atoms with E-state index in [1.165, 1.54) is 6.07 Å². The van der Waals surface area contributed by atoms with Gasteiger partial charge >= 0.3 is 12.4 Å². The van der Waals surface area contributed by atoms with Crippen LogP contribution in [-0.2, 0) is 15.7 Å². The average molecular weight is 465 g/mol. The van der Waals surface area contributed by atoms with Crippen LogP contribution in [0.2, 0.25) is 0 Å². The first-order chi connectivity index (χ1) is 14.8. The highest BCUT2D eigenvalue weighted by Crippen LogP contribution is 2.39. The number of halogens is 8. The van der Waals surface area contributed by atoms with Crippen LogP contribution >= 0.6 is 0 Å². The molecule has 3 rings (SSSR count). The Balaban J connectivity index is 1.91. The molecule has 2 aromatic carbocycles. The van der Waals surface area contributed by atoms with E-state index in [4.69, 9.17) is 10.00 Å². The third-order valence-electron chi connectivity index (χ3n) is 4.46. The average Bonchev–Trinajstić information content (AvgIpc) is 3.15. The number of hydrogen-bond acceptors (Lipinski definition) is 4. The summed E-state index contributed by atoms with van der Waals surface area (Å²) >= 11 is 0. The van der Waals surface area contributed by atoms with Gasteiger partial charge in [0.2, 0.25) is 6.23 Å². The first-order valence-electron chi connectivity index (χ1n) is 8.67. The molecule has 0 unspecified atom stereocenters. The van der Waals surface area contributed by atoms with Gasteiger partial charge < -0.3 is 15.0 Å². The molecule has 170 valence electrons. The van der Waals surface area contributed by atoms with Crippen molar-refractivity contribution in [2.24, 2.45) is 0 Å². The second-order valence-corrected chi connectivity index (χ2v) is 6.62. The third kappa shape index (κ3) is 4.75. The van der Waals surface area contributed by atoms with Crippen molar-refractivity contribution in [2.75, 3.05) is 16.8 Å². The van der Waals surface area contributed by atoms with Gasteiger partial charge in [-0.05, 0) is 30.3 Å². The molecule has 2 atom stereocenters. The lowest BCUT2D eigenvalue weighted by Crippen LogP contribution is -2.42. The molecule has 1 aliphatic heterocycles. The topological polar surface area (TPSA) is 65.4 Å². The Hall–Kier alpha value is -3.40. The van der Waals surface area contributed by atoms with Crippen molar-refractivity contribution in [2.45, 2.75) is 24.7 Å². The number of alkyl halides is 6. The Morgan fingerprint density at radius 3 is 2.34 bits per heavy atom. The number of anilines is 2. The predicted molar refractivity (Wildman–Crippen MR) is 93.2 cm³/mol. The number of nitriles is 1. The molecule has 13 heteroatoms. The Bertz CT molecular complexity index is 1080. The fraction of sp³-hybridized carbons (Fsp3) is 0.263. The maximum absolute atomic E-state index is 13.7. The number of rotatable bonds is 3. The summed E-state index contributed by atoms with van der Waals surface area (Å²) in [6.45, 7) is -0.831. The zero-order valence-electron chi connectivity index (χ0n) is 15.6. The highest BCUT2D eigenvalue weighted by molar-refractivity contribution is 5.95. The minimum atomic E-state index is -5.11. The molecular weight excluding hydrogens is 454 g/mol. The number of nitrogens with zero attached hydrogens (tertiary/aromatic N) is 2. The molecular formula is C19H11F8N3O2. The number of carbonyl (C=O) groups excluding carboxylic acids is 1. The second-order valence-electron chi connectivity index (χ2n) is 6.62. The first kappa shape index (κ1) is 23.3. The monoisotopic (exact) mass is 465 g/mol. The van der Waals surface area contributed by atoms with Crippen LogP contribution < -0.4 is 10.2 Å². The quantitative estimate of drug-likeness (QED) is 0.674. The number of hydrogen-bond donors (Lipinski definition) is 1. The molecule has 0 aromatic heterocycles. The van der Waals surface area contributed by atoms with Gasteiger partial charge in [-0.3, -0.25) is 4.79 Å². The van der Waals surface area contributed by atoms with Gasteiger partial charge in [0.25, 0.3) is 5.91 Å². The molecule has 5 nitrogen and oxygen atoms in total. The second kappa shape index (κ2) is 8.27. The van der Waals surface area contributed by atoms with Crippen molar-refractivity contribution in [3.63, 3.8) is 0 Å². The van der Waals surface area contributed by atoms with E-state index >= 15 is 0 Å². The molecule has 32 heavy (non-hydrogen) atoms. The number of carbonyl (C=O) groups is 1. The summed E-state index contributed by atoms with van der Waals surface area (Å²) in [4.78, 5) is 12.7. The van der Waals surface area contributed by atoms with Crippen molar-refractivity contribution in [1.29, 1.82) is 5.26 Å². The molecule has 0 radical (unpaired) electrons. The highest BCUT2D eigenvalue weighted by Gasteiger charge is 2.52. The Morgan fingerprint density at radius 2 is 1.78 bits per heavy atom. The van der Waals surface area contributed by atoms with Gasteiger partial charge in [0, 0.05) is 11.8 Å². The Morgan fingerprint density at radius 1 is 1.09 bits per heavy atom. The van der Waals surface area contributed by atoms with E-state index in [9.17, 15) is 39.9 Å². The molecule has 1 amide bonds.